The van der Waals surface area contributed by atoms with E-state index in [0.717, 1.165) is 12.1 Å². The first-order chi connectivity index (χ1) is 7.84. The fourth-order valence-electron chi connectivity index (χ4n) is 1.29. The van der Waals surface area contributed by atoms with E-state index in [-0.39, 0.29) is 23.4 Å². The number of rotatable bonds is 4. The predicted octanol–water partition coefficient (Wildman–Crippen LogP) is 2.28. The van der Waals surface area contributed by atoms with E-state index >= 15 is 0 Å². The number of hydrogen-bond donors (Lipinski definition) is 2. The van der Waals surface area contributed by atoms with E-state index in [0.29, 0.717) is 6.54 Å². The maximum Gasteiger partial charge on any atom is 0.225 e. The standard InChI is InChI=1S/C12H16F2N2O/c1-12(2,7-15)6-11(17)16-10-4-3-8(13)5-9(10)14/h3-5H,6-7,15H2,1-2H3,(H,16,17). The average Bonchev–Trinajstić information content (AvgIpc) is 2.21. The molecule has 0 saturated heterocycles. The summed E-state index contributed by atoms with van der Waals surface area (Å²) in [6, 6.07) is 3.01. The Labute approximate surface area is 99.0 Å². The van der Waals surface area contributed by atoms with Crippen LogP contribution in [0.3, 0.4) is 0 Å². The van der Waals surface area contributed by atoms with Crippen LogP contribution in [0.25, 0.3) is 0 Å². The molecular formula is C12H16F2N2O. The number of anilines is 1. The minimum atomic E-state index is -0.788. The molecule has 0 radical (unpaired) electrons. The van der Waals surface area contributed by atoms with Crippen molar-refractivity contribution in [3.8, 4) is 0 Å². The van der Waals surface area contributed by atoms with Crippen molar-refractivity contribution in [2.75, 3.05) is 11.9 Å². The predicted molar refractivity (Wildman–Crippen MR) is 62.4 cm³/mol. The van der Waals surface area contributed by atoms with E-state index in [4.69, 9.17) is 5.73 Å². The Hall–Kier alpha value is -1.49. The highest BCUT2D eigenvalue weighted by Crippen LogP contribution is 2.20. The van der Waals surface area contributed by atoms with E-state index < -0.39 is 11.6 Å². The van der Waals surface area contributed by atoms with Crippen LogP contribution < -0.4 is 11.1 Å². The summed E-state index contributed by atoms with van der Waals surface area (Å²) in [7, 11) is 0. The Morgan fingerprint density at radius 3 is 2.59 bits per heavy atom. The number of amides is 1. The molecule has 0 saturated carbocycles. The molecular weight excluding hydrogens is 226 g/mol. The number of benzene rings is 1. The summed E-state index contributed by atoms with van der Waals surface area (Å²) < 4.78 is 25.9. The highest BCUT2D eigenvalue weighted by atomic mass is 19.1. The van der Waals surface area contributed by atoms with Crippen molar-refractivity contribution < 1.29 is 13.6 Å². The van der Waals surface area contributed by atoms with E-state index in [2.05, 4.69) is 5.32 Å². The third-order valence-corrected chi connectivity index (χ3v) is 2.40. The van der Waals surface area contributed by atoms with Crippen LogP contribution in [0.2, 0.25) is 0 Å². The first-order valence-electron chi connectivity index (χ1n) is 5.29. The lowest BCUT2D eigenvalue weighted by molar-refractivity contribution is -0.117. The number of nitrogens with one attached hydrogen (secondary N) is 1. The molecule has 1 amide bonds. The Balaban J connectivity index is 2.69. The highest BCUT2D eigenvalue weighted by molar-refractivity contribution is 5.91. The molecule has 94 valence electrons. The van der Waals surface area contributed by atoms with Gasteiger partial charge in [-0.2, -0.15) is 0 Å². The van der Waals surface area contributed by atoms with Gasteiger partial charge in [0.25, 0.3) is 0 Å². The van der Waals surface area contributed by atoms with Crippen molar-refractivity contribution in [3.05, 3.63) is 29.8 Å². The van der Waals surface area contributed by atoms with Crippen LogP contribution in [-0.2, 0) is 4.79 Å². The molecule has 1 aromatic rings. The van der Waals surface area contributed by atoms with Crippen molar-refractivity contribution in [2.24, 2.45) is 11.1 Å². The zero-order valence-electron chi connectivity index (χ0n) is 9.89. The molecule has 1 rings (SSSR count). The molecule has 0 heterocycles. The highest BCUT2D eigenvalue weighted by Gasteiger charge is 2.20. The lowest BCUT2D eigenvalue weighted by atomic mass is 9.89. The average molecular weight is 242 g/mol. The van der Waals surface area contributed by atoms with Crippen LogP contribution >= 0.6 is 0 Å². The Bertz CT molecular complexity index is 419. The maximum atomic E-state index is 13.2. The normalized spacial score (nSPS) is 11.4. The Morgan fingerprint density at radius 1 is 1.41 bits per heavy atom. The van der Waals surface area contributed by atoms with E-state index in [1.54, 1.807) is 0 Å². The second kappa shape index (κ2) is 5.23. The first-order valence-corrected chi connectivity index (χ1v) is 5.29. The smallest absolute Gasteiger partial charge is 0.225 e. The first kappa shape index (κ1) is 13.6. The Kier molecular flexibility index (Phi) is 4.17. The fourth-order valence-corrected chi connectivity index (χ4v) is 1.29. The summed E-state index contributed by atoms with van der Waals surface area (Å²) in [5.41, 5.74) is 5.12. The number of hydrogen-bond acceptors (Lipinski definition) is 2. The van der Waals surface area contributed by atoms with Gasteiger partial charge in [-0.25, -0.2) is 8.78 Å². The molecule has 0 aliphatic carbocycles. The monoisotopic (exact) mass is 242 g/mol. The number of carbonyl (C=O) groups is 1. The SMILES string of the molecule is CC(C)(CN)CC(=O)Nc1ccc(F)cc1F. The molecule has 17 heavy (non-hydrogen) atoms. The summed E-state index contributed by atoms with van der Waals surface area (Å²) in [4.78, 5) is 11.6. The van der Waals surface area contributed by atoms with Gasteiger partial charge >= 0.3 is 0 Å². The van der Waals surface area contributed by atoms with Crippen LogP contribution in [-0.4, -0.2) is 12.5 Å². The molecule has 0 fully saturated rings. The molecule has 3 N–H and O–H groups in total. The third kappa shape index (κ3) is 4.11. The topological polar surface area (TPSA) is 55.1 Å². The van der Waals surface area contributed by atoms with Crippen LogP contribution in [0.4, 0.5) is 14.5 Å². The number of halogens is 2. The Morgan fingerprint density at radius 2 is 2.06 bits per heavy atom. The van der Waals surface area contributed by atoms with Gasteiger partial charge < -0.3 is 11.1 Å². The van der Waals surface area contributed by atoms with Crippen molar-refractivity contribution in [3.63, 3.8) is 0 Å². The van der Waals surface area contributed by atoms with Crippen molar-refractivity contribution in [1.82, 2.24) is 0 Å². The molecule has 0 aromatic heterocycles. The zero-order valence-corrected chi connectivity index (χ0v) is 9.89. The van der Waals surface area contributed by atoms with Gasteiger partial charge in [-0.05, 0) is 24.1 Å². The van der Waals surface area contributed by atoms with Gasteiger partial charge in [0.1, 0.15) is 11.6 Å². The summed E-state index contributed by atoms with van der Waals surface area (Å²) in [5, 5.41) is 2.39. The van der Waals surface area contributed by atoms with E-state index in [9.17, 15) is 13.6 Å². The lowest BCUT2D eigenvalue weighted by Crippen LogP contribution is -2.29. The summed E-state index contributed by atoms with van der Waals surface area (Å²) >= 11 is 0. The summed E-state index contributed by atoms with van der Waals surface area (Å²) in [5.74, 6) is -1.81. The van der Waals surface area contributed by atoms with Gasteiger partial charge in [0.05, 0.1) is 5.69 Å². The van der Waals surface area contributed by atoms with Gasteiger partial charge in [0, 0.05) is 12.5 Å². The van der Waals surface area contributed by atoms with Gasteiger partial charge in [-0.3, -0.25) is 4.79 Å². The minimum Gasteiger partial charge on any atom is -0.330 e. The summed E-state index contributed by atoms with van der Waals surface area (Å²) in [6.45, 7) is 4.04. The number of nitrogens with two attached hydrogens (primary N) is 1. The molecule has 3 nitrogen and oxygen atoms in total. The largest absolute Gasteiger partial charge is 0.330 e. The second-order valence-corrected chi connectivity index (χ2v) is 4.72. The molecule has 0 atom stereocenters. The van der Waals surface area contributed by atoms with E-state index in [1.165, 1.54) is 6.07 Å². The van der Waals surface area contributed by atoms with Crippen molar-refractivity contribution in [2.45, 2.75) is 20.3 Å². The van der Waals surface area contributed by atoms with Gasteiger partial charge in [-0.15, -0.1) is 0 Å². The zero-order chi connectivity index (χ0) is 13.1. The van der Waals surface area contributed by atoms with Gasteiger partial charge in [0.2, 0.25) is 5.91 Å². The molecule has 1 aromatic carbocycles. The molecule has 0 spiro atoms. The molecule has 5 heteroatoms. The molecule has 0 aliphatic rings. The number of carbonyl (C=O) groups excluding carboxylic acids is 1. The minimum absolute atomic E-state index is 0.0239. The van der Waals surface area contributed by atoms with Gasteiger partial charge in [0.15, 0.2) is 0 Å². The summed E-state index contributed by atoms with van der Waals surface area (Å²) in [6.07, 6.45) is 0.181. The van der Waals surface area contributed by atoms with Crippen LogP contribution in [0.15, 0.2) is 18.2 Å². The molecule has 0 unspecified atom stereocenters. The maximum absolute atomic E-state index is 13.2. The molecule has 0 aliphatic heterocycles. The second-order valence-electron chi connectivity index (χ2n) is 4.72. The van der Waals surface area contributed by atoms with Crippen LogP contribution in [0.5, 0.6) is 0 Å². The van der Waals surface area contributed by atoms with Crippen LogP contribution in [0, 0.1) is 17.0 Å². The van der Waals surface area contributed by atoms with Crippen molar-refractivity contribution >= 4 is 11.6 Å². The van der Waals surface area contributed by atoms with Crippen LogP contribution in [0.1, 0.15) is 20.3 Å². The quantitative estimate of drug-likeness (QED) is 0.851. The molecule has 0 bridgehead atoms. The lowest BCUT2D eigenvalue weighted by Gasteiger charge is -2.21. The van der Waals surface area contributed by atoms with E-state index in [1.807, 2.05) is 13.8 Å². The van der Waals surface area contributed by atoms with Gasteiger partial charge in [-0.1, -0.05) is 13.8 Å². The van der Waals surface area contributed by atoms with Crippen molar-refractivity contribution in [1.29, 1.82) is 0 Å². The third-order valence-electron chi connectivity index (χ3n) is 2.40. The fraction of sp³-hybridized carbons (Fsp3) is 0.417.